The molecule has 1 unspecified atom stereocenters. The second kappa shape index (κ2) is 11.1. The standard InChI is InChI=1S/C21H29BrN4O4S/c1-12(6-5-7-21(3,4)30)16-11-24-20(31-16)26-18(28)13(2)25-19(29)17(27)14-8-15(22)10-23-9-14/h8-13,17,27,30H,5-7H2,1-4H3,(H,25,29)(H,24,26,28)/t12?,13-,17-/m0/s1. The molecule has 170 valence electrons. The zero-order valence-corrected chi connectivity index (χ0v) is 20.5. The van der Waals surface area contributed by atoms with Gasteiger partial charge in [-0.05, 0) is 67.9 Å². The first-order chi connectivity index (χ1) is 14.5. The highest BCUT2D eigenvalue weighted by molar-refractivity contribution is 9.10. The molecule has 2 aromatic rings. The van der Waals surface area contributed by atoms with Crippen molar-refractivity contribution in [2.45, 2.75) is 70.6 Å². The van der Waals surface area contributed by atoms with Gasteiger partial charge in [-0.25, -0.2) is 4.98 Å². The Morgan fingerprint density at radius 2 is 1.94 bits per heavy atom. The molecule has 0 aliphatic carbocycles. The molecule has 31 heavy (non-hydrogen) atoms. The van der Waals surface area contributed by atoms with Crippen LogP contribution in [-0.2, 0) is 9.59 Å². The maximum Gasteiger partial charge on any atom is 0.254 e. The van der Waals surface area contributed by atoms with Crippen LogP contribution >= 0.6 is 27.3 Å². The van der Waals surface area contributed by atoms with E-state index in [1.807, 2.05) is 0 Å². The van der Waals surface area contributed by atoms with Gasteiger partial charge in [0.2, 0.25) is 5.91 Å². The fraction of sp³-hybridized carbons (Fsp3) is 0.524. The lowest BCUT2D eigenvalue weighted by atomic mass is 9.96. The largest absolute Gasteiger partial charge is 0.390 e. The van der Waals surface area contributed by atoms with E-state index in [9.17, 15) is 19.8 Å². The number of pyridine rings is 1. The Labute approximate surface area is 194 Å². The van der Waals surface area contributed by atoms with E-state index in [2.05, 4.69) is 43.5 Å². The number of halogens is 1. The van der Waals surface area contributed by atoms with Gasteiger partial charge in [-0.1, -0.05) is 6.92 Å². The number of hydrogen-bond donors (Lipinski definition) is 4. The third-order valence-corrected chi connectivity index (χ3v) is 6.29. The quantitative estimate of drug-likeness (QED) is 0.386. The highest BCUT2D eigenvalue weighted by atomic mass is 79.9. The minimum absolute atomic E-state index is 0.261. The van der Waals surface area contributed by atoms with Gasteiger partial charge in [0, 0.05) is 33.5 Å². The maximum atomic E-state index is 12.4. The van der Waals surface area contributed by atoms with Crippen molar-refractivity contribution in [3.05, 3.63) is 39.6 Å². The molecule has 2 aromatic heterocycles. The van der Waals surface area contributed by atoms with Crippen LogP contribution in [0.2, 0.25) is 0 Å². The van der Waals surface area contributed by atoms with E-state index in [1.54, 1.807) is 32.3 Å². The van der Waals surface area contributed by atoms with Crippen molar-refractivity contribution in [2.75, 3.05) is 5.32 Å². The molecule has 8 nitrogen and oxygen atoms in total. The van der Waals surface area contributed by atoms with E-state index in [1.165, 1.54) is 24.5 Å². The zero-order chi connectivity index (χ0) is 23.2. The first-order valence-corrected chi connectivity index (χ1v) is 11.6. The number of hydrogen-bond acceptors (Lipinski definition) is 7. The van der Waals surface area contributed by atoms with Crippen molar-refractivity contribution >= 4 is 44.2 Å². The number of aliphatic hydroxyl groups excluding tert-OH is 1. The van der Waals surface area contributed by atoms with Crippen molar-refractivity contribution in [3.8, 4) is 0 Å². The molecular weight excluding hydrogens is 484 g/mol. The fourth-order valence-corrected chi connectivity index (χ4v) is 4.14. The number of aliphatic hydroxyl groups is 2. The van der Waals surface area contributed by atoms with Crippen molar-refractivity contribution in [3.63, 3.8) is 0 Å². The molecular formula is C21H29BrN4O4S. The minimum atomic E-state index is -1.43. The monoisotopic (exact) mass is 512 g/mol. The summed E-state index contributed by atoms with van der Waals surface area (Å²) in [5.74, 6) is -0.858. The summed E-state index contributed by atoms with van der Waals surface area (Å²) in [6.07, 6.45) is 5.76. The molecule has 3 atom stereocenters. The van der Waals surface area contributed by atoms with Gasteiger partial charge < -0.3 is 20.8 Å². The lowest BCUT2D eigenvalue weighted by Crippen LogP contribution is -2.43. The van der Waals surface area contributed by atoms with Gasteiger partial charge in [-0.2, -0.15) is 0 Å². The van der Waals surface area contributed by atoms with Crippen molar-refractivity contribution < 1.29 is 19.8 Å². The van der Waals surface area contributed by atoms with Crippen LogP contribution in [0, 0.1) is 0 Å². The molecule has 2 heterocycles. The van der Waals surface area contributed by atoms with E-state index in [0.717, 1.165) is 24.1 Å². The summed E-state index contributed by atoms with van der Waals surface area (Å²) in [5, 5.41) is 25.7. The van der Waals surface area contributed by atoms with Gasteiger partial charge in [0.15, 0.2) is 11.2 Å². The van der Waals surface area contributed by atoms with Gasteiger partial charge in [0.05, 0.1) is 5.60 Å². The van der Waals surface area contributed by atoms with E-state index >= 15 is 0 Å². The molecule has 2 rings (SSSR count). The predicted molar refractivity (Wildman–Crippen MR) is 124 cm³/mol. The van der Waals surface area contributed by atoms with Crippen LogP contribution < -0.4 is 10.6 Å². The van der Waals surface area contributed by atoms with E-state index in [4.69, 9.17) is 0 Å². The summed E-state index contributed by atoms with van der Waals surface area (Å²) >= 11 is 4.63. The van der Waals surface area contributed by atoms with Gasteiger partial charge in [0.1, 0.15) is 6.04 Å². The molecule has 4 N–H and O–H groups in total. The number of amides is 2. The summed E-state index contributed by atoms with van der Waals surface area (Å²) < 4.78 is 0.636. The van der Waals surface area contributed by atoms with Crippen molar-refractivity contribution in [1.82, 2.24) is 15.3 Å². The second-order valence-corrected chi connectivity index (χ2v) is 10.2. The number of aromatic nitrogens is 2. The van der Waals surface area contributed by atoms with E-state index < -0.39 is 29.6 Å². The van der Waals surface area contributed by atoms with Gasteiger partial charge in [-0.15, -0.1) is 11.3 Å². The molecule has 0 aromatic carbocycles. The second-order valence-electron chi connectivity index (χ2n) is 8.23. The maximum absolute atomic E-state index is 12.4. The Morgan fingerprint density at radius 1 is 1.23 bits per heavy atom. The third-order valence-electron chi connectivity index (χ3n) is 4.71. The summed E-state index contributed by atoms with van der Waals surface area (Å²) in [6, 6.07) is 0.723. The highest BCUT2D eigenvalue weighted by Gasteiger charge is 2.23. The highest BCUT2D eigenvalue weighted by Crippen LogP contribution is 2.30. The Morgan fingerprint density at radius 3 is 2.58 bits per heavy atom. The summed E-state index contributed by atoms with van der Waals surface area (Å²) in [6.45, 7) is 7.22. The van der Waals surface area contributed by atoms with Crippen molar-refractivity contribution in [1.29, 1.82) is 0 Å². The zero-order valence-electron chi connectivity index (χ0n) is 18.1. The third kappa shape index (κ3) is 8.29. The molecule has 0 aliphatic rings. The number of anilines is 1. The number of nitrogens with zero attached hydrogens (tertiary/aromatic N) is 2. The van der Waals surface area contributed by atoms with Crippen LogP contribution in [0.15, 0.2) is 29.1 Å². The van der Waals surface area contributed by atoms with Crippen LogP contribution in [0.5, 0.6) is 0 Å². The molecule has 0 bridgehead atoms. The number of nitrogens with one attached hydrogen (secondary N) is 2. The molecule has 2 amide bonds. The van der Waals surface area contributed by atoms with Crippen LogP contribution in [0.1, 0.15) is 69.4 Å². The average Bonchev–Trinajstić information content (AvgIpc) is 3.14. The van der Waals surface area contributed by atoms with Gasteiger partial charge in [-0.3, -0.25) is 14.6 Å². The minimum Gasteiger partial charge on any atom is -0.390 e. The lowest BCUT2D eigenvalue weighted by Gasteiger charge is -2.17. The Bertz CT molecular complexity index is 900. The van der Waals surface area contributed by atoms with E-state index in [0.29, 0.717) is 15.2 Å². The summed E-state index contributed by atoms with van der Waals surface area (Å²) in [5.41, 5.74) is -0.351. The number of rotatable bonds is 10. The molecule has 0 aliphatic heterocycles. The average molecular weight is 513 g/mol. The molecule has 0 fully saturated rings. The normalized spacial score (nSPS) is 14.5. The van der Waals surface area contributed by atoms with E-state index in [-0.39, 0.29) is 5.92 Å². The van der Waals surface area contributed by atoms with Crippen molar-refractivity contribution in [2.24, 2.45) is 0 Å². The molecule has 0 radical (unpaired) electrons. The number of carbonyl (C=O) groups excluding carboxylic acids is 2. The van der Waals surface area contributed by atoms with Crippen LogP contribution in [-0.4, -0.2) is 43.6 Å². The topological polar surface area (TPSA) is 124 Å². The number of thiazole rings is 1. The van der Waals surface area contributed by atoms with Gasteiger partial charge in [0.25, 0.3) is 5.91 Å². The smallest absolute Gasteiger partial charge is 0.254 e. The van der Waals surface area contributed by atoms with Crippen LogP contribution in [0.25, 0.3) is 0 Å². The molecule has 0 saturated carbocycles. The SMILES string of the molecule is CC(CCCC(C)(C)O)c1cnc(NC(=O)[C@H](C)NC(=O)[C@@H](O)c2cncc(Br)c2)s1. The summed E-state index contributed by atoms with van der Waals surface area (Å²) in [7, 11) is 0. The lowest BCUT2D eigenvalue weighted by molar-refractivity contribution is -0.132. The molecule has 0 spiro atoms. The molecule has 0 saturated heterocycles. The number of carbonyl (C=O) groups is 2. The van der Waals surface area contributed by atoms with Gasteiger partial charge >= 0.3 is 0 Å². The predicted octanol–water partition coefficient (Wildman–Crippen LogP) is 3.52. The Hall–Kier alpha value is -1.88. The summed E-state index contributed by atoms with van der Waals surface area (Å²) in [4.78, 5) is 33.9. The fourth-order valence-electron chi connectivity index (χ4n) is 2.86. The van der Waals surface area contributed by atoms with Crippen LogP contribution in [0.3, 0.4) is 0 Å². The first-order valence-electron chi connectivity index (χ1n) is 10.0. The molecule has 10 heteroatoms. The Balaban J connectivity index is 1.86. The first kappa shape index (κ1) is 25.4. The Kier molecular flexibility index (Phi) is 9.11. The van der Waals surface area contributed by atoms with Crippen LogP contribution in [0.4, 0.5) is 5.13 Å².